The van der Waals surface area contributed by atoms with Crippen LogP contribution in [0.15, 0.2) is 18.3 Å². The number of methoxy groups -OCH3 is 2. The van der Waals surface area contributed by atoms with Gasteiger partial charge in [0.2, 0.25) is 0 Å². The Bertz CT molecular complexity index is 329. The molecular weight excluding hydrogens is 218 g/mol. The summed E-state index contributed by atoms with van der Waals surface area (Å²) in [6.07, 6.45) is 2.31. The summed E-state index contributed by atoms with van der Waals surface area (Å²) in [4.78, 5) is 4.09. The number of ether oxygens (including phenoxy) is 2. The van der Waals surface area contributed by atoms with Gasteiger partial charge in [0.15, 0.2) is 6.29 Å². The average molecular weight is 239 g/mol. The van der Waals surface area contributed by atoms with Crippen molar-refractivity contribution in [1.82, 2.24) is 10.3 Å². The van der Waals surface area contributed by atoms with Crippen molar-refractivity contribution >= 4 is 5.82 Å². The Morgan fingerprint density at radius 1 is 1.41 bits per heavy atom. The molecule has 5 nitrogen and oxygen atoms in total. The van der Waals surface area contributed by atoms with E-state index in [4.69, 9.17) is 15.2 Å². The SMILES string of the molecule is CCCNC(c1cccnc1N)C(OC)OC. The number of nitrogen functional groups attached to an aromatic ring is 1. The number of hydrogen-bond acceptors (Lipinski definition) is 5. The van der Waals surface area contributed by atoms with Crippen LogP contribution in [0.2, 0.25) is 0 Å². The molecule has 1 aromatic rings. The van der Waals surface area contributed by atoms with E-state index in [0.717, 1.165) is 18.5 Å². The molecule has 96 valence electrons. The van der Waals surface area contributed by atoms with E-state index in [-0.39, 0.29) is 12.3 Å². The molecule has 1 rings (SSSR count). The van der Waals surface area contributed by atoms with Crippen molar-refractivity contribution in [3.63, 3.8) is 0 Å². The lowest BCUT2D eigenvalue weighted by molar-refractivity contribution is -0.124. The zero-order chi connectivity index (χ0) is 12.7. The van der Waals surface area contributed by atoms with Gasteiger partial charge >= 0.3 is 0 Å². The van der Waals surface area contributed by atoms with Gasteiger partial charge in [0.1, 0.15) is 5.82 Å². The maximum Gasteiger partial charge on any atom is 0.176 e. The Morgan fingerprint density at radius 2 is 2.12 bits per heavy atom. The first-order chi connectivity index (χ1) is 8.24. The summed E-state index contributed by atoms with van der Waals surface area (Å²) in [5.74, 6) is 0.500. The molecule has 0 aliphatic heterocycles. The van der Waals surface area contributed by atoms with Crippen molar-refractivity contribution in [3.05, 3.63) is 23.9 Å². The molecule has 1 unspecified atom stereocenters. The predicted molar refractivity (Wildman–Crippen MR) is 67.5 cm³/mol. The second-order valence-corrected chi connectivity index (χ2v) is 3.75. The Kier molecular flexibility index (Phi) is 5.90. The fourth-order valence-corrected chi connectivity index (χ4v) is 1.71. The van der Waals surface area contributed by atoms with Crippen molar-refractivity contribution in [3.8, 4) is 0 Å². The third kappa shape index (κ3) is 3.66. The van der Waals surface area contributed by atoms with Crippen LogP contribution in [-0.4, -0.2) is 32.0 Å². The summed E-state index contributed by atoms with van der Waals surface area (Å²) < 4.78 is 10.6. The molecular formula is C12H21N3O2. The molecule has 0 saturated heterocycles. The Labute approximate surface area is 102 Å². The van der Waals surface area contributed by atoms with Gasteiger partial charge < -0.3 is 20.5 Å². The lowest BCUT2D eigenvalue weighted by Crippen LogP contribution is -2.35. The van der Waals surface area contributed by atoms with Gasteiger partial charge in [0.25, 0.3) is 0 Å². The van der Waals surface area contributed by atoms with Crippen LogP contribution in [0.25, 0.3) is 0 Å². The van der Waals surface area contributed by atoms with E-state index < -0.39 is 0 Å². The van der Waals surface area contributed by atoms with Crippen molar-refractivity contribution in [2.45, 2.75) is 25.7 Å². The van der Waals surface area contributed by atoms with E-state index in [1.807, 2.05) is 12.1 Å². The second kappa shape index (κ2) is 7.21. The van der Waals surface area contributed by atoms with E-state index in [1.54, 1.807) is 20.4 Å². The average Bonchev–Trinajstić information content (AvgIpc) is 2.36. The van der Waals surface area contributed by atoms with E-state index in [9.17, 15) is 0 Å². The summed E-state index contributed by atoms with van der Waals surface area (Å²) in [7, 11) is 3.22. The zero-order valence-corrected chi connectivity index (χ0v) is 10.6. The van der Waals surface area contributed by atoms with Gasteiger partial charge in [0, 0.05) is 26.0 Å². The highest BCUT2D eigenvalue weighted by molar-refractivity contribution is 5.41. The van der Waals surface area contributed by atoms with E-state index in [2.05, 4.69) is 17.2 Å². The van der Waals surface area contributed by atoms with Crippen molar-refractivity contribution in [1.29, 1.82) is 0 Å². The van der Waals surface area contributed by atoms with Crippen LogP contribution in [0.5, 0.6) is 0 Å². The second-order valence-electron chi connectivity index (χ2n) is 3.75. The van der Waals surface area contributed by atoms with E-state index in [0.29, 0.717) is 5.82 Å². The molecule has 5 heteroatoms. The van der Waals surface area contributed by atoms with Gasteiger partial charge in [-0.25, -0.2) is 4.98 Å². The molecule has 1 atom stereocenters. The minimum absolute atomic E-state index is 0.112. The van der Waals surface area contributed by atoms with Gasteiger partial charge in [-0.1, -0.05) is 13.0 Å². The van der Waals surface area contributed by atoms with Crippen molar-refractivity contribution in [2.75, 3.05) is 26.5 Å². The number of anilines is 1. The number of rotatable bonds is 7. The normalized spacial score (nSPS) is 12.9. The first-order valence-electron chi connectivity index (χ1n) is 5.74. The maximum absolute atomic E-state index is 5.88. The minimum atomic E-state index is -0.381. The molecule has 0 amide bonds. The fourth-order valence-electron chi connectivity index (χ4n) is 1.71. The van der Waals surface area contributed by atoms with Gasteiger partial charge in [-0.05, 0) is 19.0 Å². The molecule has 0 radical (unpaired) electrons. The Morgan fingerprint density at radius 3 is 2.65 bits per heavy atom. The lowest BCUT2D eigenvalue weighted by Gasteiger charge is -2.26. The van der Waals surface area contributed by atoms with Crippen LogP contribution in [-0.2, 0) is 9.47 Å². The van der Waals surface area contributed by atoms with Gasteiger partial charge in [0.05, 0.1) is 6.04 Å². The number of nitrogens with one attached hydrogen (secondary N) is 1. The third-order valence-electron chi connectivity index (χ3n) is 2.56. The smallest absolute Gasteiger partial charge is 0.176 e. The molecule has 1 heterocycles. The number of nitrogens with zero attached hydrogens (tertiary/aromatic N) is 1. The highest BCUT2D eigenvalue weighted by Gasteiger charge is 2.24. The van der Waals surface area contributed by atoms with Crippen LogP contribution < -0.4 is 11.1 Å². The molecule has 0 bridgehead atoms. The summed E-state index contributed by atoms with van der Waals surface area (Å²) in [5.41, 5.74) is 6.78. The van der Waals surface area contributed by atoms with Crippen LogP contribution in [0.3, 0.4) is 0 Å². The number of nitrogens with two attached hydrogens (primary N) is 1. The molecule has 0 saturated carbocycles. The van der Waals surface area contributed by atoms with Gasteiger partial charge in [-0.2, -0.15) is 0 Å². The van der Waals surface area contributed by atoms with Crippen LogP contribution in [0.1, 0.15) is 24.9 Å². The summed E-state index contributed by atoms with van der Waals surface area (Å²) in [6, 6.07) is 3.67. The molecule has 0 aliphatic carbocycles. The molecule has 1 aromatic heterocycles. The number of pyridine rings is 1. The molecule has 0 aromatic carbocycles. The Hall–Kier alpha value is -1.17. The van der Waals surface area contributed by atoms with Crippen LogP contribution in [0, 0.1) is 0 Å². The number of aromatic nitrogens is 1. The molecule has 17 heavy (non-hydrogen) atoms. The predicted octanol–water partition coefficient (Wildman–Crippen LogP) is 1.32. The monoisotopic (exact) mass is 239 g/mol. The molecule has 3 N–H and O–H groups in total. The molecule has 0 spiro atoms. The minimum Gasteiger partial charge on any atom is -0.383 e. The molecule has 0 aliphatic rings. The fraction of sp³-hybridized carbons (Fsp3) is 0.583. The Balaban J connectivity index is 2.92. The van der Waals surface area contributed by atoms with E-state index >= 15 is 0 Å². The third-order valence-corrected chi connectivity index (χ3v) is 2.56. The quantitative estimate of drug-likeness (QED) is 0.702. The topological polar surface area (TPSA) is 69.4 Å². The van der Waals surface area contributed by atoms with E-state index in [1.165, 1.54) is 0 Å². The highest BCUT2D eigenvalue weighted by atomic mass is 16.7. The van der Waals surface area contributed by atoms with Crippen molar-refractivity contribution < 1.29 is 9.47 Å². The zero-order valence-electron chi connectivity index (χ0n) is 10.6. The first kappa shape index (κ1) is 13.9. The van der Waals surface area contributed by atoms with Gasteiger partial charge in [-0.15, -0.1) is 0 Å². The summed E-state index contributed by atoms with van der Waals surface area (Å²) in [5, 5.41) is 3.36. The standard InChI is InChI=1S/C12H21N3O2/c1-4-7-14-10(12(16-2)17-3)9-6-5-8-15-11(9)13/h5-6,8,10,12,14H,4,7H2,1-3H3,(H2,13,15). The van der Waals surface area contributed by atoms with Crippen molar-refractivity contribution in [2.24, 2.45) is 0 Å². The first-order valence-corrected chi connectivity index (χ1v) is 5.74. The number of hydrogen-bond donors (Lipinski definition) is 2. The maximum atomic E-state index is 5.88. The largest absolute Gasteiger partial charge is 0.383 e. The van der Waals surface area contributed by atoms with Gasteiger partial charge in [-0.3, -0.25) is 0 Å². The lowest BCUT2D eigenvalue weighted by atomic mass is 10.1. The van der Waals surface area contributed by atoms with Crippen LogP contribution >= 0.6 is 0 Å². The summed E-state index contributed by atoms with van der Waals surface area (Å²) >= 11 is 0. The van der Waals surface area contributed by atoms with Crippen LogP contribution in [0.4, 0.5) is 5.82 Å². The highest BCUT2D eigenvalue weighted by Crippen LogP contribution is 2.23. The summed E-state index contributed by atoms with van der Waals surface area (Å²) in [6.45, 7) is 2.97. The molecule has 0 fully saturated rings.